The van der Waals surface area contributed by atoms with E-state index in [0.717, 1.165) is 43.2 Å². The number of ether oxygens (including phenoxy) is 1. The van der Waals surface area contributed by atoms with Gasteiger partial charge in [0.05, 0.1) is 12.8 Å². The molecule has 144 valence electrons. The summed E-state index contributed by atoms with van der Waals surface area (Å²) in [5.41, 5.74) is 4.62. The van der Waals surface area contributed by atoms with Crippen molar-refractivity contribution in [3.8, 4) is 5.75 Å². The number of hydrogen-bond acceptors (Lipinski definition) is 4. The van der Waals surface area contributed by atoms with Crippen molar-refractivity contribution in [2.75, 3.05) is 20.2 Å². The highest BCUT2D eigenvalue weighted by Gasteiger charge is 2.23. The molecule has 2 aromatic heterocycles. The maximum Gasteiger partial charge on any atom is 0.122 e. The highest BCUT2D eigenvalue weighted by Crippen LogP contribution is 2.27. The van der Waals surface area contributed by atoms with Crippen molar-refractivity contribution in [1.82, 2.24) is 14.9 Å². The van der Waals surface area contributed by atoms with Crippen molar-refractivity contribution in [2.24, 2.45) is 0 Å². The van der Waals surface area contributed by atoms with Gasteiger partial charge in [-0.05, 0) is 49.7 Å². The molecule has 1 aromatic carbocycles. The number of pyridine rings is 2. The lowest BCUT2D eigenvalue weighted by Crippen LogP contribution is -2.34. The molecule has 0 N–H and O–H groups in total. The number of aromatic nitrogens is 2. The Morgan fingerprint density at radius 2 is 1.86 bits per heavy atom. The van der Waals surface area contributed by atoms with Crippen molar-refractivity contribution in [3.63, 3.8) is 0 Å². The van der Waals surface area contributed by atoms with E-state index >= 15 is 0 Å². The van der Waals surface area contributed by atoms with E-state index in [1.54, 1.807) is 7.11 Å². The summed E-state index contributed by atoms with van der Waals surface area (Å²) in [6.45, 7) is 3.09. The monoisotopic (exact) mass is 373 g/mol. The van der Waals surface area contributed by atoms with Crippen molar-refractivity contribution in [2.45, 2.75) is 31.7 Å². The van der Waals surface area contributed by atoms with Gasteiger partial charge in [0, 0.05) is 48.6 Å². The molecule has 28 heavy (non-hydrogen) atoms. The van der Waals surface area contributed by atoms with E-state index < -0.39 is 0 Å². The highest BCUT2D eigenvalue weighted by molar-refractivity contribution is 5.36. The van der Waals surface area contributed by atoms with Crippen molar-refractivity contribution in [1.29, 1.82) is 0 Å². The van der Waals surface area contributed by atoms with Crippen LogP contribution in [0.15, 0.2) is 66.9 Å². The van der Waals surface area contributed by atoms with E-state index in [0.29, 0.717) is 5.92 Å². The summed E-state index contributed by atoms with van der Waals surface area (Å²) < 4.78 is 5.49. The second-order valence-corrected chi connectivity index (χ2v) is 7.44. The summed E-state index contributed by atoms with van der Waals surface area (Å²) >= 11 is 0. The second kappa shape index (κ2) is 8.98. The van der Waals surface area contributed by atoms with Crippen molar-refractivity contribution < 1.29 is 4.74 Å². The Morgan fingerprint density at radius 1 is 1.00 bits per heavy atom. The van der Waals surface area contributed by atoms with E-state index in [1.165, 1.54) is 24.1 Å². The maximum absolute atomic E-state index is 5.49. The molecule has 0 radical (unpaired) electrons. The number of rotatable bonds is 6. The first-order valence-electron chi connectivity index (χ1n) is 10.0. The fourth-order valence-corrected chi connectivity index (χ4v) is 4.03. The van der Waals surface area contributed by atoms with Gasteiger partial charge in [0.2, 0.25) is 0 Å². The lowest BCUT2D eigenvalue weighted by molar-refractivity contribution is 0.196. The van der Waals surface area contributed by atoms with Crippen LogP contribution >= 0.6 is 0 Å². The third kappa shape index (κ3) is 4.57. The molecular formula is C24H27N3O. The summed E-state index contributed by atoms with van der Waals surface area (Å²) in [4.78, 5) is 12.0. The predicted molar refractivity (Wildman–Crippen MR) is 112 cm³/mol. The Kier molecular flexibility index (Phi) is 5.98. The summed E-state index contributed by atoms with van der Waals surface area (Å²) in [6, 6.07) is 20.8. The molecule has 0 spiro atoms. The number of likely N-dealkylation sites (tertiary alicyclic amines) is 1. The molecule has 1 saturated heterocycles. The van der Waals surface area contributed by atoms with E-state index in [4.69, 9.17) is 9.72 Å². The molecular weight excluding hydrogens is 346 g/mol. The lowest BCUT2D eigenvalue weighted by atomic mass is 9.93. The van der Waals surface area contributed by atoms with Gasteiger partial charge < -0.3 is 4.74 Å². The van der Waals surface area contributed by atoms with Gasteiger partial charge in [-0.15, -0.1) is 0 Å². The van der Waals surface area contributed by atoms with Gasteiger partial charge >= 0.3 is 0 Å². The molecule has 4 rings (SSSR count). The summed E-state index contributed by atoms with van der Waals surface area (Å²) in [5, 5.41) is 0. The van der Waals surface area contributed by atoms with Crippen LogP contribution in [0.25, 0.3) is 0 Å². The predicted octanol–water partition coefficient (Wildman–Crippen LogP) is 4.46. The van der Waals surface area contributed by atoms with E-state index in [9.17, 15) is 0 Å². The molecule has 0 aliphatic carbocycles. The average molecular weight is 374 g/mol. The summed E-state index contributed by atoms with van der Waals surface area (Å²) in [7, 11) is 1.72. The minimum Gasteiger partial charge on any atom is -0.496 e. The van der Waals surface area contributed by atoms with Gasteiger partial charge in [-0.2, -0.15) is 0 Å². The van der Waals surface area contributed by atoms with Gasteiger partial charge in [0.25, 0.3) is 0 Å². The number of benzene rings is 1. The molecule has 1 fully saturated rings. The third-order valence-corrected chi connectivity index (χ3v) is 5.43. The fourth-order valence-electron chi connectivity index (χ4n) is 4.03. The Hall–Kier alpha value is -2.72. The number of para-hydroxylation sites is 1. The van der Waals surface area contributed by atoms with E-state index in [-0.39, 0.29) is 0 Å². The number of nitrogens with zero attached hydrogens (tertiary/aromatic N) is 3. The van der Waals surface area contributed by atoms with Gasteiger partial charge in [0.15, 0.2) is 0 Å². The molecule has 1 aliphatic heterocycles. The second-order valence-electron chi connectivity index (χ2n) is 7.44. The van der Waals surface area contributed by atoms with Crippen LogP contribution in [-0.2, 0) is 13.0 Å². The van der Waals surface area contributed by atoms with Crippen molar-refractivity contribution >= 4 is 0 Å². The summed E-state index contributed by atoms with van der Waals surface area (Å²) in [6.07, 6.45) is 5.07. The zero-order chi connectivity index (χ0) is 19.2. The molecule has 4 nitrogen and oxygen atoms in total. The minimum atomic E-state index is 0.482. The molecule has 4 heteroatoms. The first kappa shape index (κ1) is 18.6. The van der Waals surface area contributed by atoms with Crippen LogP contribution in [0.4, 0.5) is 0 Å². The topological polar surface area (TPSA) is 38.2 Å². The Bertz CT molecular complexity index is 897. The lowest BCUT2D eigenvalue weighted by Gasteiger charge is -2.32. The first-order chi connectivity index (χ1) is 13.8. The van der Waals surface area contributed by atoms with Crippen LogP contribution in [-0.4, -0.2) is 35.1 Å². The first-order valence-corrected chi connectivity index (χ1v) is 10.0. The van der Waals surface area contributed by atoms with Gasteiger partial charge in [-0.3, -0.25) is 14.9 Å². The zero-order valence-corrected chi connectivity index (χ0v) is 16.4. The normalized spacial score (nSPS) is 17.4. The van der Waals surface area contributed by atoms with Gasteiger partial charge in [-0.25, -0.2) is 0 Å². The van der Waals surface area contributed by atoms with Crippen molar-refractivity contribution in [3.05, 3.63) is 89.5 Å². The molecule has 1 unspecified atom stereocenters. The standard InChI is InChI=1S/C24H27N3O/c1-28-24-13-3-2-8-19(24)16-21-11-6-12-23(26-21)20-9-7-15-27(17-20)18-22-10-4-5-14-25-22/h2-6,8,10-14,20H,7,9,15-18H2,1H3. The van der Waals surface area contributed by atoms with Crippen LogP contribution in [0.3, 0.4) is 0 Å². The van der Waals surface area contributed by atoms with Crippen LogP contribution in [0, 0.1) is 0 Å². The quantitative estimate of drug-likeness (QED) is 0.640. The molecule has 0 amide bonds. The molecule has 0 saturated carbocycles. The largest absolute Gasteiger partial charge is 0.496 e. The molecule has 0 bridgehead atoms. The smallest absolute Gasteiger partial charge is 0.122 e. The highest BCUT2D eigenvalue weighted by atomic mass is 16.5. The minimum absolute atomic E-state index is 0.482. The maximum atomic E-state index is 5.49. The Labute approximate surface area is 167 Å². The van der Waals surface area contributed by atoms with Crippen LogP contribution in [0.2, 0.25) is 0 Å². The van der Waals surface area contributed by atoms with E-state index in [2.05, 4.69) is 52.3 Å². The molecule has 3 aromatic rings. The number of methoxy groups -OCH3 is 1. The Balaban J connectivity index is 1.46. The average Bonchev–Trinajstić information content (AvgIpc) is 2.75. The SMILES string of the molecule is COc1ccccc1Cc1cccc(C2CCCN(Cc3ccccn3)C2)n1. The molecule has 1 atom stereocenters. The zero-order valence-electron chi connectivity index (χ0n) is 16.4. The molecule has 3 heterocycles. The van der Waals surface area contributed by atoms with Crippen LogP contribution in [0.1, 0.15) is 41.4 Å². The summed E-state index contributed by atoms with van der Waals surface area (Å²) in [5.74, 6) is 1.41. The van der Waals surface area contributed by atoms with E-state index in [1.807, 2.05) is 24.4 Å². The number of piperidine rings is 1. The third-order valence-electron chi connectivity index (χ3n) is 5.43. The number of hydrogen-bond donors (Lipinski definition) is 0. The van der Waals surface area contributed by atoms with Gasteiger partial charge in [-0.1, -0.05) is 30.3 Å². The molecule has 1 aliphatic rings. The van der Waals surface area contributed by atoms with Gasteiger partial charge in [0.1, 0.15) is 5.75 Å². The Morgan fingerprint density at radius 3 is 2.71 bits per heavy atom. The van der Waals surface area contributed by atoms with Crippen LogP contribution < -0.4 is 4.74 Å². The van der Waals surface area contributed by atoms with Crippen LogP contribution in [0.5, 0.6) is 5.75 Å². The fraction of sp³-hybridized carbons (Fsp3) is 0.333.